The van der Waals surface area contributed by atoms with Crippen molar-refractivity contribution in [3.63, 3.8) is 0 Å². The summed E-state index contributed by atoms with van der Waals surface area (Å²) in [6.45, 7) is 2.51. The van der Waals surface area contributed by atoms with E-state index >= 15 is 0 Å². The fourth-order valence-electron chi connectivity index (χ4n) is 4.25. The molecule has 9 heteroatoms. The Hall–Kier alpha value is -3.88. The fraction of sp³-hybridized carbons (Fsp3) is 0.179. The zero-order chi connectivity index (χ0) is 26.1. The number of halogens is 1. The normalized spacial score (nSPS) is 16.9. The summed E-state index contributed by atoms with van der Waals surface area (Å²) in [4.78, 5) is 32.9. The molecule has 4 aromatic rings. The quantitative estimate of drug-likeness (QED) is 0.168. The first-order valence-electron chi connectivity index (χ1n) is 11.7. The highest BCUT2D eigenvalue weighted by molar-refractivity contribution is 7.22. The highest BCUT2D eigenvalue weighted by Gasteiger charge is 2.48. The molecule has 1 aromatic heterocycles. The molecule has 37 heavy (non-hydrogen) atoms. The molecule has 1 fully saturated rings. The molecule has 0 aliphatic carbocycles. The van der Waals surface area contributed by atoms with Gasteiger partial charge >= 0.3 is 5.91 Å². The van der Waals surface area contributed by atoms with Crippen LogP contribution in [0.2, 0.25) is 5.02 Å². The molecular weight excluding hydrogens is 512 g/mol. The Labute approximate surface area is 222 Å². The van der Waals surface area contributed by atoms with Gasteiger partial charge in [-0.15, -0.1) is 0 Å². The number of methoxy groups -OCH3 is 1. The van der Waals surface area contributed by atoms with Gasteiger partial charge in [0.05, 0.1) is 35.5 Å². The number of amides is 1. The number of aliphatic hydroxyl groups is 1. The third-order valence-corrected chi connectivity index (χ3v) is 7.23. The number of nitrogens with zero attached hydrogens (tertiary/aromatic N) is 2. The van der Waals surface area contributed by atoms with Crippen LogP contribution in [0.1, 0.15) is 30.5 Å². The van der Waals surface area contributed by atoms with Gasteiger partial charge in [-0.25, -0.2) is 4.98 Å². The second-order valence-electron chi connectivity index (χ2n) is 8.43. The number of thiazole rings is 1. The lowest BCUT2D eigenvalue weighted by atomic mass is 9.95. The van der Waals surface area contributed by atoms with Crippen molar-refractivity contribution >= 4 is 55.7 Å². The number of ketones is 1. The Bertz CT molecular complexity index is 1550. The number of fused-ring (bicyclic) bond motifs is 1. The number of carbonyl (C=O) groups excluding carboxylic acids is 2. The molecule has 1 aliphatic rings. The number of ether oxygens (including phenoxy) is 2. The van der Waals surface area contributed by atoms with Gasteiger partial charge in [0.15, 0.2) is 5.13 Å². The second kappa shape index (κ2) is 10.2. The second-order valence-corrected chi connectivity index (χ2v) is 9.88. The van der Waals surface area contributed by atoms with Crippen molar-refractivity contribution in [3.8, 4) is 11.5 Å². The molecule has 3 aromatic carbocycles. The van der Waals surface area contributed by atoms with E-state index in [0.717, 1.165) is 11.1 Å². The van der Waals surface area contributed by atoms with Crippen LogP contribution in [-0.2, 0) is 9.59 Å². The first-order chi connectivity index (χ1) is 17.9. The number of carbonyl (C=O) groups is 2. The molecule has 1 amide bonds. The highest BCUT2D eigenvalue weighted by Crippen LogP contribution is 2.45. The van der Waals surface area contributed by atoms with Crippen molar-refractivity contribution in [1.29, 1.82) is 0 Å². The molecule has 0 radical (unpaired) electrons. The molecule has 5 rings (SSSR count). The average Bonchev–Trinajstić information content (AvgIpc) is 3.44. The van der Waals surface area contributed by atoms with E-state index in [1.807, 2.05) is 6.92 Å². The van der Waals surface area contributed by atoms with Crippen molar-refractivity contribution in [3.05, 3.63) is 88.5 Å². The SMILES string of the molecule is CCCOc1cccc(/C(O)=C2\C(=O)C(=O)N(c3nc4ccc(Cl)cc4s3)C2c2cccc(OC)c2)c1. The Morgan fingerprint density at radius 1 is 1.08 bits per heavy atom. The summed E-state index contributed by atoms with van der Waals surface area (Å²) in [5.74, 6) is -0.768. The molecule has 1 N–H and O–H groups in total. The van der Waals surface area contributed by atoms with Gasteiger partial charge in [0.2, 0.25) is 0 Å². The molecule has 1 unspecified atom stereocenters. The largest absolute Gasteiger partial charge is 0.507 e. The average molecular weight is 535 g/mol. The van der Waals surface area contributed by atoms with Gasteiger partial charge in [0, 0.05) is 10.6 Å². The third kappa shape index (κ3) is 4.65. The molecule has 1 aliphatic heterocycles. The minimum absolute atomic E-state index is 0.0387. The van der Waals surface area contributed by atoms with Crippen LogP contribution in [-0.4, -0.2) is 35.5 Å². The lowest BCUT2D eigenvalue weighted by Crippen LogP contribution is -2.29. The van der Waals surface area contributed by atoms with Crippen molar-refractivity contribution in [2.45, 2.75) is 19.4 Å². The number of rotatable bonds is 7. The minimum atomic E-state index is -0.925. The lowest BCUT2D eigenvalue weighted by molar-refractivity contribution is -0.132. The van der Waals surface area contributed by atoms with Crippen molar-refractivity contribution < 1.29 is 24.2 Å². The number of hydrogen-bond acceptors (Lipinski definition) is 7. The van der Waals surface area contributed by atoms with E-state index in [0.29, 0.717) is 44.9 Å². The Balaban J connectivity index is 1.69. The van der Waals surface area contributed by atoms with E-state index < -0.39 is 17.7 Å². The number of aliphatic hydroxyl groups excluding tert-OH is 1. The van der Waals surface area contributed by atoms with E-state index in [4.69, 9.17) is 21.1 Å². The van der Waals surface area contributed by atoms with Crippen LogP contribution in [0.4, 0.5) is 5.13 Å². The van der Waals surface area contributed by atoms with E-state index in [-0.39, 0.29) is 11.3 Å². The summed E-state index contributed by atoms with van der Waals surface area (Å²) in [7, 11) is 1.54. The number of benzene rings is 3. The number of aromatic nitrogens is 1. The molecule has 2 heterocycles. The molecular formula is C28H23ClN2O5S. The van der Waals surface area contributed by atoms with Gasteiger partial charge in [-0.05, 0) is 54.4 Å². The maximum absolute atomic E-state index is 13.5. The molecule has 0 saturated carbocycles. The highest BCUT2D eigenvalue weighted by atomic mass is 35.5. The summed E-state index contributed by atoms with van der Waals surface area (Å²) in [5, 5.41) is 12.3. The van der Waals surface area contributed by atoms with Crippen LogP contribution in [0.5, 0.6) is 11.5 Å². The van der Waals surface area contributed by atoms with Crippen LogP contribution in [0.25, 0.3) is 16.0 Å². The van der Waals surface area contributed by atoms with E-state index in [1.165, 1.54) is 23.3 Å². The van der Waals surface area contributed by atoms with Gasteiger partial charge < -0.3 is 14.6 Å². The summed E-state index contributed by atoms with van der Waals surface area (Å²) < 4.78 is 11.9. The Morgan fingerprint density at radius 3 is 2.65 bits per heavy atom. The number of anilines is 1. The molecule has 0 spiro atoms. The predicted octanol–water partition coefficient (Wildman–Crippen LogP) is 6.37. The Morgan fingerprint density at radius 2 is 1.86 bits per heavy atom. The van der Waals surface area contributed by atoms with Crippen LogP contribution >= 0.6 is 22.9 Å². The summed E-state index contributed by atoms with van der Waals surface area (Å²) >= 11 is 7.40. The van der Waals surface area contributed by atoms with Crippen molar-refractivity contribution in [2.75, 3.05) is 18.6 Å². The van der Waals surface area contributed by atoms with Gasteiger partial charge in [-0.2, -0.15) is 0 Å². The maximum atomic E-state index is 13.5. The maximum Gasteiger partial charge on any atom is 0.301 e. The summed E-state index contributed by atoms with van der Waals surface area (Å²) in [6, 6.07) is 18.2. The Kier molecular flexibility index (Phi) is 6.86. The third-order valence-electron chi connectivity index (χ3n) is 5.98. The number of hydrogen-bond donors (Lipinski definition) is 1. The van der Waals surface area contributed by atoms with Crippen LogP contribution in [0.3, 0.4) is 0 Å². The van der Waals surface area contributed by atoms with Crippen LogP contribution in [0.15, 0.2) is 72.3 Å². The lowest BCUT2D eigenvalue weighted by Gasteiger charge is -2.23. The number of Topliss-reactive ketones (excluding diaryl/α,β-unsaturated/α-hetero) is 1. The molecule has 1 saturated heterocycles. The van der Waals surface area contributed by atoms with Crippen LogP contribution in [0, 0.1) is 0 Å². The van der Waals surface area contributed by atoms with Crippen LogP contribution < -0.4 is 14.4 Å². The van der Waals surface area contributed by atoms with Gasteiger partial charge in [0.1, 0.15) is 17.3 Å². The monoisotopic (exact) mass is 534 g/mol. The molecule has 188 valence electrons. The van der Waals surface area contributed by atoms with Crippen molar-refractivity contribution in [1.82, 2.24) is 4.98 Å². The zero-order valence-corrected chi connectivity index (χ0v) is 21.7. The van der Waals surface area contributed by atoms with Gasteiger partial charge in [0.25, 0.3) is 5.78 Å². The summed E-state index contributed by atoms with van der Waals surface area (Å²) in [5.41, 5.74) is 1.58. The predicted molar refractivity (Wildman–Crippen MR) is 145 cm³/mol. The van der Waals surface area contributed by atoms with Gasteiger partial charge in [-0.1, -0.05) is 54.1 Å². The van der Waals surface area contributed by atoms with E-state index in [1.54, 1.807) is 66.7 Å². The topological polar surface area (TPSA) is 89.0 Å². The molecule has 0 bridgehead atoms. The zero-order valence-electron chi connectivity index (χ0n) is 20.1. The van der Waals surface area contributed by atoms with E-state index in [2.05, 4.69) is 4.98 Å². The molecule has 7 nitrogen and oxygen atoms in total. The van der Waals surface area contributed by atoms with E-state index in [9.17, 15) is 14.7 Å². The smallest absolute Gasteiger partial charge is 0.301 e. The molecule has 1 atom stereocenters. The van der Waals surface area contributed by atoms with Gasteiger partial charge in [-0.3, -0.25) is 14.5 Å². The first kappa shape index (κ1) is 24.8. The van der Waals surface area contributed by atoms with Crippen molar-refractivity contribution in [2.24, 2.45) is 0 Å². The first-order valence-corrected chi connectivity index (χ1v) is 12.8. The minimum Gasteiger partial charge on any atom is -0.507 e. The standard InChI is InChI=1S/C28H23ClN2O5S/c1-3-12-36-20-9-5-7-17(14-20)25(32)23-24(16-6-4-8-19(13-16)35-2)31(27(34)26(23)33)28-30-21-11-10-18(29)15-22(21)37-28/h4-11,13-15,24,32H,3,12H2,1-2H3/b25-23+. The summed E-state index contributed by atoms with van der Waals surface area (Å²) in [6.07, 6.45) is 0.824. The fourth-order valence-corrected chi connectivity index (χ4v) is 5.52.